The Labute approximate surface area is 118 Å². The lowest BCUT2D eigenvalue weighted by molar-refractivity contribution is 0.0737. The van der Waals surface area contributed by atoms with Crippen molar-refractivity contribution in [2.75, 3.05) is 31.6 Å². The maximum Gasteiger partial charge on any atom is 0.274 e. The van der Waals surface area contributed by atoms with E-state index in [1.54, 1.807) is 0 Å². The van der Waals surface area contributed by atoms with Crippen LogP contribution < -0.4 is 11.3 Å². The van der Waals surface area contributed by atoms with Gasteiger partial charge in [-0.1, -0.05) is 0 Å². The molecule has 0 aliphatic carbocycles. The van der Waals surface area contributed by atoms with Crippen LogP contribution in [0.3, 0.4) is 0 Å². The maximum absolute atomic E-state index is 12.5. The molecule has 0 aromatic carbocycles. The van der Waals surface area contributed by atoms with E-state index < -0.39 is 0 Å². The molecule has 1 unspecified atom stereocenters. The quantitative estimate of drug-likeness (QED) is 0.587. The average Bonchev–Trinajstić information content (AvgIpc) is 2.83. The summed E-state index contributed by atoms with van der Waals surface area (Å²) in [5.74, 6) is 5.67. The lowest BCUT2D eigenvalue weighted by Crippen LogP contribution is -2.40. The van der Waals surface area contributed by atoms with Gasteiger partial charge in [0, 0.05) is 25.7 Å². The van der Waals surface area contributed by atoms with E-state index >= 15 is 0 Å². The first kappa shape index (κ1) is 13.3. The Morgan fingerprint density at radius 2 is 2.15 bits per heavy atom. The Kier molecular flexibility index (Phi) is 3.79. The first-order chi connectivity index (χ1) is 9.78. The molecule has 108 valence electrons. The lowest BCUT2D eigenvalue weighted by atomic mass is 10.2. The molecule has 0 saturated carbocycles. The monoisotopic (exact) mass is 276 g/mol. The van der Waals surface area contributed by atoms with E-state index in [0.29, 0.717) is 17.6 Å². The van der Waals surface area contributed by atoms with E-state index in [9.17, 15) is 4.79 Å². The van der Waals surface area contributed by atoms with Gasteiger partial charge in [0.1, 0.15) is 5.69 Å². The van der Waals surface area contributed by atoms with Crippen molar-refractivity contribution >= 4 is 11.7 Å². The van der Waals surface area contributed by atoms with Crippen molar-refractivity contribution in [3.63, 3.8) is 0 Å². The zero-order valence-electron chi connectivity index (χ0n) is 11.5. The lowest BCUT2D eigenvalue weighted by Gasteiger charge is -2.25. The topological polar surface area (TPSA) is 87.4 Å². The van der Waals surface area contributed by atoms with Crippen LogP contribution in [0.15, 0.2) is 12.4 Å². The molecule has 7 heteroatoms. The minimum atomic E-state index is -0.0525. The van der Waals surface area contributed by atoms with E-state index in [-0.39, 0.29) is 5.91 Å². The predicted octanol–water partition coefficient (Wildman–Crippen LogP) is 0.0725. The highest BCUT2D eigenvalue weighted by Gasteiger charge is 2.31. The van der Waals surface area contributed by atoms with Crippen LogP contribution in [0.25, 0.3) is 0 Å². The van der Waals surface area contributed by atoms with Gasteiger partial charge in [-0.3, -0.25) is 14.7 Å². The number of carbonyl (C=O) groups is 1. The van der Waals surface area contributed by atoms with Crippen molar-refractivity contribution in [2.45, 2.75) is 25.3 Å². The molecule has 0 spiro atoms. The first-order valence-electron chi connectivity index (χ1n) is 7.10. The van der Waals surface area contributed by atoms with Gasteiger partial charge in [-0.25, -0.2) is 10.8 Å². The molecule has 1 amide bonds. The normalized spacial score (nSPS) is 23.2. The minimum Gasteiger partial charge on any atom is -0.336 e. The molecule has 0 bridgehead atoms. The molecule has 1 aromatic heterocycles. The molecule has 2 aliphatic heterocycles. The summed E-state index contributed by atoms with van der Waals surface area (Å²) in [6.45, 7) is 3.83. The van der Waals surface area contributed by atoms with Crippen LogP contribution in [0.1, 0.15) is 29.8 Å². The van der Waals surface area contributed by atoms with Crippen LogP contribution >= 0.6 is 0 Å². The molecule has 1 atom stereocenters. The van der Waals surface area contributed by atoms with Crippen molar-refractivity contribution in [2.24, 2.45) is 5.84 Å². The number of anilines is 1. The number of hydrazine groups is 1. The van der Waals surface area contributed by atoms with Gasteiger partial charge in [0.05, 0.1) is 12.4 Å². The standard InChI is InChI=1S/C13H20N6O/c14-17-12-8-15-7-11(16-12)13(20)19-6-2-5-18-4-1-3-10(18)9-19/h7-8,10H,1-6,9,14H2,(H,16,17). The summed E-state index contributed by atoms with van der Waals surface area (Å²) in [6, 6.07) is 0.505. The average molecular weight is 276 g/mol. The van der Waals surface area contributed by atoms with Crippen LogP contribution in [0.5, 0.6) is 0 Å². The van der Waals surface area contributed by atoms with Gasteiger partial charge in [0.2, 0.25) is 0 Å². The van der Waals surface area contributed by atoms with Crippen molar-refractivity contribution in [3.8, 4) is 0 Å². The summed E-state index contributed by atoms with van der Waals surface area (Å²) in [5.41, 5.74) is 2.78. The smallest absolute Gasteiger partial charge is 0.274 e. The second kappa shape index (κ2) is 5.72. The van der Waals surface area contributed by atoms with Crippen LogP contribution in [-0.4, -0.2) is 57.9 Å². The number of nitrogens with two attached hydrogens (primary N) is 1. The van der Waals surface area contributed by atoms with Gasteiger partial charge in [-0.15, -0.1) is 0 Å². The third kappa shape index (κ3) is 2.59. The highest BCUT2D eigenvalue weighted by Crippen LogP contribution is 2.22. The van der Waals surface area contributed by atoms with E-state index in [4.69, 9.17) is 5.84 Å². The molecule has 1 aromatic rings. The summed E-state index contributed by atoms with van der Waals surface area (Å²) in [6.07, 6.45) is 6.43. The zero-order valence-corrected chi connectivity index (χ0v) is 11.5. The number of fused-ring (bicyclic) bond motifs is 1. The summed E-state index contributed by atoms with van der Waals surface area (Å²) in [7, 11) is 0. The Hall–Kier alpha value is -1.73. The maximum atomic E-state index is 12.5. The molecule has 2 saturated heterocycles. The third-order valence-corrected chi connectivity index (χ3v) is 4.09. The minimum absolute atomic E-state index is 0.0525. The number of hydrogen-bond acceptors (Lipinski definition) is 6. The Bertz CT molecular complexity index is 494. The number of amides is 1. The molecule has 2 fully saturated rings. The number of aromatic nitrogens is 2. The van der Waals surface area contributed by atoms with Gasteiger partial charge < -0.3 is 10.3 Å². The molecule has 2 aliphatic rings. The molecule has 7 nitrogen and oxygen atoms in total. The summed E-state index contributed by atoms with van der Waals surface area (Å²) in [5, 5.41) is 0. The Morgan fingerprint density at radius 1 is 1.30 bits per heavy atom. The number of nitrogen functional groups attached to an aromatic ring is 1. The summed E-state index contributed by atoms with van der Waals surface area (Å²) in [4.78, 5) is 25.1. The van der Waals surface area contributed by atoms with Crippen molar-refractivity contribution in [1.29, 1.82) is 0 Å². The van der Waals surface area contributed by atoms with Crippen LogP contribution in [0.4, 0.5) is 5.82 Å². The largest absolute Gasteiger partial charge is 0.336 e. The molecule has 20 heavy (non-hydrogen) atoms. The van der Waals surface area contributed by atoms with Crippen molar-refractivity contribution in [1.82, 2.24) is 19.8 Å². The van der Waals surface area contributed by atoms with E-state index in [1.807, 2.05) is 4.90 Å². The molecular formula is C13H20N6O. The fourth-order valence-corrected chi connectivity index (χ4v) is 3.09. The van der Waals surface area contributed by atoms with Crippen molar-refractivity contribution < 1.29 is 4.79 Å². The Balaban J connectivity index is 1.75. The van der Waals surface area contributed by atoms with Crippen LogP contribution in [-0.2, 0) is 0 Å². The van der Waals surface area contributed by atoms with Crippen LogP contribution in [0.2, 0.25) is 0 Å². The first-order valence-corrected chi connectivity index (χ1v) is 7.10. The van der Waals surface area contributed by atoms with E-state index in [0.717, 1.165) is 26.1 Å². The van der Waals surface area contributed by atoms with E-state index in [1.165, 1.54) is 31.8 Å². The van der Waals surface area contributed by atoms with Gasteiger partial charge in [-0.05, 0) is 25.8 Å². The molecule has 3 heterocycles. The van der Waals surface area contributed by atoms with Gasteiger partial charge in [0.25, 0.3) is 5.91 Å². The number of rotatable bonds is 2. The fourth-order valence-electron chi connectivity index (χ4n) is 3.09. The molecule has 3 rings (SSSR count). The number of hydrogen-bond donors (Lipinski definition) is 2. The third-order valence-electron chi connectivity index (χ3n) is 4.09. The second-order valence-electron chi connectivity index (χ2n) is 5.37. The summed E-state index contributed by atoms with van der Waals surface area (Å²) < 4.78 is 0. The van der Waals surface area contributed by atoms with Gasteiger partial charge >= 0.3 is 0 Å². The van der Waals surface area contributed by atoms with Crippen molar-refractivity contribution in [3.05, 3.63) is 18.1 Å². The number of carbonyl (C=O) groups excluding carboxylic acids is 1. The number of nitrogens with one attached hydrogen (secondary N) is 1. The van der Waals surface area contributed by atoms with Crippen LogP contribution in [0, 0.1) is 0 Å². The zero-order chi connectivity index (χ0) is 13.9. The summed E-state index contributed by atoms with van der Waals surface area (Å²) >= 11 is 0. The van der Waals surface area contributed by atoms with Gasteiger partial charge in [0.15, 0.2) is 5.82 Å². The predicted molar refractivity (Wildman–Crippen MR) is 75.0 cm³/mol. The second-order valence-corrected chi connectivity index (χ2v) is 5.37. The number of nitrogens with zero attached hydrogens (tertiary/aromatic N) is 4. The highest BCUT2D eigenvalue weighted by molar-refractivity contribution is 5.92. The fraction of sp³-hybridized carbons (Fsp3) is 0.615. The van der Waals surface area contributed by atoms with E-state index in [2.05, 4.69) is 20.3 Å². The molecule has 3 N–H and O–H groups in total. The van der Waals surface area contributed by atoms with Gasteiger partial charge in [-0.2, -0.15) is 0 Å². The highest BCUT2D eigenvalue weighted by atomic mass is 16.2. The molecule has 0 radical (unpaired) electrons. The molecular weight excluding hydrogens is 256 g/mol. The SMILES string of the molecule is NNc1cncc(C(=O)N2CCCN3CCCC3C2)n1. The Morgan fingerprint density at radius 3 is 3.00 bits per heavy atom.